The highest BCUT2D eigenvalue weighted by Gasteiger charge is 2.27. The summed E-state index contributed by atoms with van der Waals surface area (Å²) in [6, 6.07) is 0. The molecular formula is C20H30O5. The second-order valence-corrected chi connectivity index (χ2v) is 6.35. The highest BCUT2D eigenvalue weighted by atomic mass is 16.5. The fraction of sp³-hybridized carbons (Fsp3) is 0.550. The van der Waals surface area contributed by atoms with Gasteiger partial charge in [0.1, 0.15) is 0 Å². The summed E-state index contributed by atoms with van der Waals surface area (Å²) in [6.45, 7) is 0. The number of hydrogen-bond acceptors (Lipinski definition) is 5. The molecule has 1 rings (SSSR count). The number of aliphatic hydroxyl groups excluding tert-OH is 2. The lowest BCUT2D eigenvalue weighted by Gasteiger charge is -2.15. The Balaban J connectivity index is 2.23. The third-order valence-corrected chi connectivity index (χ3v) is 4.24. The molecule has 25 heavy (non-hydrogen) atoms. The lowest BCUT2D eigenvalue weighted by Crippen LogP contribution is -2.23. The van der Waals surface area contributed by atoms with Crippen LogP contribution in [0.15, 0.2) is 48.6 Å². The van der Waals surface area contributed by atoms with Crippen LogP contribution in [-0.2, 0) is 9.53 Å². The molecule has 0 aromatic rings. The molecular weight excluding hydrogens is 320 g/mol. The summed E-state index contributed by atoms with van der Waals surface area (Å²) in [7, 11) is 1.32. The number of carbonyl (C=O) groups is 1. The molecule has 1 aliphatic rings. The van der Waals surface area contributed by atoms with Gasteiger partial charge in [-0.3, -0.25) is 4.79 Å². The van der Waals surface area contributed by atoms with E-state index < -0.39 is 17.8 Å². The Hall–Kier alpha value is -1.69. The van der Waals surface area contributed by atoms with Gasteiger partial charge in [0, 0.05) is 6.42 Å². The van der Waals surface area contributed by atoms with Gasteiger partial charge in [-0.15, -0.1) is 0 Å². The first-order valence-electron chi connectivity index (χ1n) is 8.81. The van der Waals surface area contributed by atoms with Crippen LogP contribution in [0.1, 0.15) is 44.9 Å². The zero-order valence-corrected chi connectivity index (χ0v) is 14.9. The van der Waals surface area contributed by atoms with E-state index in [9.17, 15) is 20.1 Å². The molecule has 0 saturated heterocycles. The van der Waals surface area contributed by atoms with Gasteiger partial charge in [-0.05, 0) is 25.7 Å². The first-order valence-corrected chi connectivity index (χ1v) is 8.81. The van der Waals surface area contributed by atoms with Crippen molar-refractivity contribution < 1.29 is 24.9 Å². The van der Waals surface area contributed by atoms with E-state index in [0.29, 0.717) is 12.8 Å². The molecule has 140 valence electrons. The van der Waals surface area contributed by atoms with Crippen molar-refractivity contribution in [2.75, 3.05) is 7.11 Å². The van der Waals surface area contributed by atoms with Crippen molar-refractivity contribution in [1.82, 2.24) is 0 Å². The zero-order valence-electron chi connectivity index (χ0n) is 14.9. The molecule has 1 saturated carbocycles. The molecule has 0 aromatic heterocycles. The van der Waals surface area contributed by atoms with Crippen LogP contribution in [0.5, 0.6) is 0 Å². The molecule has 5 heteroatoms. The van der Waals surface area contributed by atoms with Crippen LogP contribution in [-0.4, -0.2) is 46.2 Å². The molecule has 0 unspecified atom stereocenters. The molecule has 0 heterocycles. The maximum Gasteiger partial charge on any atom is 0.305 e. The number of rotatable bonds is 10. The van der Waals surface area contributed by atoms with Crippen LogP contribution in [0.3, 0.4) is 0 Å². The molecule has 1 fully saturated rings. The normalized spacial score (nSPS) is 20.2. The minimum Gasteiger partial charge on any atom is -0.469 e. The van der Waals surface area contributed by atoms with Gasteiger partial charge in [0.25, 0.3) is 0 Å². The summed E-state index contributed by atoms with van der Waals surface area (Å²) in [6.07, 6.45) is 17.0. The standard InChI is InChI=1S/C20H30O5/c1-25-19(23)13-10-12-18(22)17(21)11-6-4-2-3-5-7-14-20(24)15-8-9-16-20/h2-7,11,14,17-18,21-22,24H,8-10,12-13,15-16H2,1H3/b4-2+,5-3-,11-6+,14-7+/t17-,18+/m1/s1. The second-order valence-electron chi connectivity index (χ2n) is 6.35. The zero-order chi connectivity index (χ0) is 18.5. The van der Waals surface area contributed by atoms with Crippen molar-refractivity contribution in [1.29, 1.82) is 0 Å². The number of esters is 1. The summed E-state index contributed by atoms with van der Waals surface area (Å²) in [4.78, 5) is 11.0. The van der Waals surface area contributed by atoms with Crippen molar-refractivity contribution in [3.63, 3.8) is 0 Å². The van der Waals surface area contributed by atoms with Crippen molar-refractivity contribution in [3.8, 4) is 0 Å². The Morgan fingerprint density at radius 3 is 2.32 bits per heavy atom. The molecule has 5 nitrogen and oxygen atoms in total. The van der Waals surface area contributed by atoms with Gasteiger partial charge in [0.2, 0.25) is 0 Å². The fourth-order valence-electron chi connectivity index (χ4n) is 2.68. The predicted molar refractivity (Wildman–Crippen MR) is 97.9 cm³/mol. The third kappa shape index (κ3) is 9.39. The van der Waals surface area contributed by atoms with E-state index in [1.54, 1.807) is 18.2 Å². The fourth-order valence-corrected chi connectivity index (χ4v) is 2.68. The van der Waals surface area contributed by atoms with Gasteiger partial charge in [0.05, 0.1) is 24.9 Å². The van der Waals surface area contributed by atoms with Crippen LogP contribution in [0.25, 0.3) is 0 Å². The maximum atomic E-state index is 11.0. The van der Waals surface area contributed by atoms with Crippen molar-refractivity contribution in [2.24, 2.45) is 0 Å². The van der Waals surface area contributed by atoms with Gasteiger partial charge in [-0.1, -0.05) is 61.4 Å². The van der Waals surface area contributed by atoms with Crippen LogP contribution in [0.2, 0.25) is 0 Å². The number of ether oxygens (including phenoxy) is 1. The largest absolute Gasteiger partial charge is 0.469 e. The van der Waals surface area contributed by atoms with Crippen LogP contribution < -0.4 is 0 Å². The van der Waals surface area contributed by atoms with E-state index in [2.05, 4.69) is 4.74 Å². The number of allylic oxidation sites excluding steroid dienone is 6. The Morgan fingerprint density at radius 1 is 1.08 bits per heavy atom. The lowest BCUT2D eigenvalue weighted by molar-refractivity contribution is -0.140. The smallest absolute Gasteiger partial charge is 0.305 e. The molecule has 2 atom stereocenters. The van der Waals surface area contributed by atoms with Crippen LogP contribution >= 0.6 is 0 Å². The van der Waals surface area contributed by atoms with Crippen molar-refractivity contribution >= 4 is 5.97 Å². The number of hydrogen-bond donors (Lipinski definition) is 3. The molecule has 1 aliphatic carbocycles. The topological polar surface area (TPSA) is 87.0 Å². The minimum absolute atomic E-state index is 0.233. The van der Waals surface area contributed by atoms with Gasteiger partial charge in [-0.2, -0.15) is 0 Å². The number of carbonyl (C=O) groups excluding carboxylic acids is 1. The average molecular weight is 350 g/mol. The number of methoxy groups -OCH3 is 1. The average Bonchev–Trinajstić information content (AvgIpc) is 3.03. The number of aliphatic hydroxyl groups is 3. The SMILES string of the molecule is COC(=O)CCC[C@H](O)[C@H](O)/C=C/C=C/C=C\C=C\C1(O)CCCC1. The molecule has 0 bridgehead atoms. The first-order chi connectivity index (χ1) is 12.0. The van der Waals surface area contributed by atoms with E-state index in [4.69, 9.17) is 0 Å². The Bertz CT molecular complexity index is 498. The summed E-state index contributed by atoms with van der Waals surface area (Å²) in [5.41, 5.74) is -0.637. The van der Waals surface area contributed by atoms with Gasteiger partial charge in [-0.25, -0.2) is 0 Å². The van der Waals surface area contributed by atoms with Gasteiger partial charge >= 0.3 is 5.97 Å². The van der Waals surface area contributed by atoms with Crippen LogP contribution in [0.4, 0.5) is 0 Å². The molecule has 0 spiro atoms. The summed E-state index contributed by atoms with van der Waals surface area (Å²) in [5, 5.41) is 29.7. The highest BCUT2D eigenvalue weighted by Crippen LogP contribution is 2.30. The molecule has 3 N–H and O–H groups in total. The van der Waals surface area contributed by atoms with E-state index in [-0.39, 0.29) is 12.4 Å². The first kappa shape index (κ1) is 21.4. The minimum atomic E-state index is -0.970. The molecule has 0 aromatic carbocycles. The van der Waals surface area contributed by atoms with Crippen LogP contribution in [0, 0.1) is 0 Å². The van der Waals surface area contributed by atoms with E-state index in [0.717, 1.165) is 25.7 Å². The Morgan fingerprint density at radius 2 is 1.68 bits per heavy atom. The quantitative estimate of drug-likeness (QED) is 0.416. The van der Waals surface area contributed by atoms with E-state index in [1.165, 1.54) is 13.2 Å². The highest BCUT2D eigenvalue weighted by molar-refractivity contribution is 5.68. The Kier molecular flexibility index (Phi) is 10.1. The molecule has 0 radical (unpaired) electrons. The van der Waals surface area contributed by atoms with E-state index >= 15 is 0 Å². The van der Waals surface area contributed by atoms with Crippen molar-refractivity contribution in [2.45, 2.75) is 62.8 Å². The summed E-state index contributed by atoms with van der Waals surface area (Å²) in [5.74, 6) is -0.318. The monoisotopic (exact) mass is 350 g/mol. The van der Waals surface area contributed by atoms with Gasteiger partial charge < -0.3 is 20.1 Å². The Labute approximate surface area is 150 Å². The molecule has 0 amide bonds. The predicted octanol–water partition coefficient (Wildman–Crippen LogP) is 2.58. The van der Waals surface area contributed by atoms with E-state index in [1.807, 2.05) is 24.3 Å². The summed E-state index contributed by atoms with van der Waals surface area (Å²) >= 11 is 0. The maximum absolute atomic E-state index is 11.0. The second kappa shape index (κ2) is 11.8. The lowest BCUT2D eigenvalue weighted by atomic mass is 10.0. The molecule has 0 aliphatic heterocycles. The van der Waals surface area contributed by atoms with Gasteiger partial charge in [0.15, 0.2) is 0 Å². The van der Waals surface area contributed by atoms with Crippen molar-refractivity contribution in [3.05, 3.63) is 48.6 Å². The third-order valence-electron chi connectivity index (χ3n) is 4.24. The summed E-state index contributed by atoms with van der Waals surface area (Å²) < 4.78 is 4.52.